The van der Waals surface area contributed by atoms with Crippen molar-refractivity contribution in [1.29, 1.82) is 0 Å². The number of amides is 1. The molecule has 0 aromatic carbocycles. The lowest BCUT2D eigenvalue weighted by Gasteiger charge is -2.09. The van der Waals surface area contributed by atoms with Gasteiger partial charge in [-0.3, -0.25) is 14.4 Å². The highest BCUT2D eigenvalue weighted by molar-refractivity contribution is 5.94. The normalized spacial score (nSPS) is 9.53. The average Bonchev–Trinajstić information content (AvgIpc) is 2.10. The number of hydrogen-bond donors (Lipinski definition) is 0. The van der Waals surface area contributed by atoms with Crippen LogP contribution in [0.25, 0.3) is 0 Å². The third kappa shape index (κ3) is 7.66. The van der Waals surface area contributed by atoms with Gasteiger partial charge in [0.2, 0.25) is 5.91 Å². The summed E-state index contributed by atoms with van der Waals surface area (Å²) < 4.78 is 4.75. The molecule has 0 aliphatic carbocycles. The van der Waals surface area contributed by atoms with Gasteiger partial charge in [0.15, 0.2) is 0 Å². The Balaban J connectivity index is 3.50. The average molecular weight is 215 g/mol. The number of hydrogen-bond acceptors (Lipinski definition) is 4. The van der Waals surface area contributed by atoms with Crippen molar-refractivity contribution in [3.63, 3.8) is 0 Å². The van der Waals surface area contributed by atoms with Crippen molar-refractivity contribution in [3.8, 4) is 0 Å². The lowest BCUT2D eigenvalue weighted by Crippen LogP contribution is -2.21. The molecule has 5 nitrogen and oxygen atoms in total. The molecule has 0 atom stereocenters. The molecule has 15 heavy (non-hydrogen) atoms. The summed E-state index contributed by atoms with van der Waals surface area (Å²) in [6, 6.07) is 0. The predicted octanol–water partition coefficient (Wildman–Crippen LogP) is 0.377. The van der Waals surface area contributed by atoms with Gasteiger partial charge in [0, 0.05) is 20.5 Å². The highest BCUT2D eigenvalue weighted by Gasteiger charge is 2.07. The van der Waals surface area contributed by atoms with E-state index in [1.165, 1.54) is 11.8 Å². The van der Waals surface area contributed by atoms with Crippen LogP contribution in [-0.2, 0) is 19.1 Å². The SMILES string of the molecule is CC(=O)CC(=O)OCCCC(=O)N(C)C. The zero-order chi connectivity index (χ0) is 11.8. The monoisotopic (exact) mass is 215 g/mol. The number of esters is 1. The first kappa shape index (κ1) is 13.6. The van der Waals surface area contributed by atoms with Crippen molar-refractivity contribution < 1.29 is 19.1 Å². The van der Waals surface area contributed by atoms with Gasteiger partial charge in [0.05, 0.1) is 6.61 Å². The first-order chi connectivity index (χ1) is 6.93. The first-order valence-electron chi connectivity index (χ1n) is 4.78. The molecule has 0 saturated carbocycles. The molecule has 0 unspecified atom stereocenters. The molecular weight excluding hydrogens is 198 g/mol. The molecule has 0 fully saturated rings. The van der Waals surface area contributed by atoms with Crippen molar-refractivity contribution >= 4 is 17.7 Å². The number of carbonyl (C=O) groups excluding carboxylic acids is 3. The van der Waals surface area contributed by atoms with Crippen LogP contribution < -0.4 is 0 Å². The molecule has 0 spiro atoms. The van der Waals surface area contributed by atoms with Crippen LogP contribution in [0.3, 0.4) is 0 Å². The number of ether oxygens (including phenoxy) is 1. The molecular formula is C10H17NO4. The maximum Gasteiger partial charge on any atom is 0.313 e. The Morgan fingerprint density at radius 2 is 1.80 bits per heavy atom. The number of nitrogens with zero attached hydrogens (tertiary/aromatic N) is 1. The number of rotatable bonds is 6. The van der Waals surface area contributed by atoms with Crippen LogP contribution in [0.1, 0.15) is 26.2 Å². The number of ketones is 1. The summed E-state index contributed by atoms with van der Waals surface area (Å²) >= 11 is 0. The van der Waals surface area contributed by atoms with E-state index in [1.807, 2.05) is 0 Å². The second-order valence-corrected chi connectivity index (χ2v) is 3.49. The fourth-order valence-electron chi connectivity index (χ4n) is 0.887. The van der Waals surface area contributed by atoms with Crippen molar-refractivity contribution in [2.24, 2.45) is 0 Å². The molecule has 0 radical (unpaired) electrons. The van der Waals surface area contributed by atoms with Crippen LogP contribution in [0.5, 0.6) is 0 Å². The van der Waals surface area contributed by atoms with E-state index in [0.29, 0.717) is 12.8 Å². The van der Waals surface area contributed by atoms with Gasteiger partial charge in [-0.15, -0.1) is 0 Å². The number of carbonyl (C=O) groups is 3. The molecule has 0 aliphatic heterocycles. The van der Waals surface area contributed by atoms with E-state index in [9.17, 15) is 14.4 Å². The Morgan fingerprint density at radius 1 is 1.20 bits per heavy atom. The maximum absolute atomic E-state index is 11.1. The smallest absolute Gasteiger partial charge is 0.313 e. The first-order valence-corrected chi connectivity index (χ1v) is 4.78. The van der Waals surface area contributed by atoms with Crippen LogP contribution in [-0.4, -0.2) is 43.3 Å². The zero-order valence-corrected chi connectivity index (χ0v) is 9.41. The van der Waals surface area contributed by atoms with E-state index in [1.54, 1.807) is 14.1 Å². The lowest BCUT2D eigenvalue weighted by atomic mass is 10.3. The Kier molecular flexibility index (Phi) is 6.33. The van der Waals surface area contributed by atoms with Crippen LogP contribution in [0.15, 0.2) is 0 Å². The second kappa shape index (κ2) is 6.98. The summed E-state index contributed by atoms with van der Waals surface area (Å²) in [6.45, 7) is 1.52. The highest BCUT2D eigenvalue weighted by atomic mass is 16.5. The Labute approximate surface area is 89.4 Å². The molecule has 0 aliphatic rings. The minimum atomic E-state index is -0.528. The van der Waals surface area contributed by atoms with E-state index in [4.69, 9.17) is 4.74 Å². The summed E-state index contributed by atoms with van der Waals surface area (Å²) in [4.78, 5) is 34.0. The van der Waals surface area contributed by atoms with Gasteiger partial charge in [-0.05, 0) is 13.3 Å². The van der Waals surface area contributed by atoms with Crippen LogP contribution in [0.4, 0.5) is 0 Å². The van der Waals surface area contributed by atoms with Gasteiger partial charge < -0.3 is 9.64 Å². The van der Waals surface area contributed by atoms with Crippen LogP contribution >= 0.6 is 0 Å². The Bertz CT molecular complexity index is 248. The summed E-state index contributed by atoms with van der Waals surface area (Å²) in [5.74, 6) is -0.748. The fourth-order valence-corrected chi connectivity index (χ4v) is 0.887. The molecule has 0 rings (SSSR count). The molecule has 0 aromatic rings. The van der Waals surface area contributed by atoms with Gasteiger partial charge in [-0.25, -0.2) is 0 Å². The quantitative estimate of drug-likeness (QED) is 0.365. The summed E-state index contributed by atoms with van der Waals surface area (Å²) in [5.41, 5.74) is 0. The van der Waals surface area contributed by atoms with Crippen molar-refractivity contribution in [1.82, 2.24) is 4.90 Å². The molecule has 1 amide bonds. The van der Waals surface area contributed by atoms with Crippen LogP contribution in [0.2, 0.25) is 0 Å². The molecule has 0 bridgehead atoms. The van der Waals surface area contributed by atoms with Crippen LogP contribution in [0, 0.1) is 0 Å². The topological polar surface area (TPSA) is 63.7 Å². The molecule has 5 heteroatoms. The summed E-state index contributed by atoms with van der Waals surface area (Å²) in [6.07, 6.45) is 0.642. The Morgan fingerprint density at radius 3 is 2.27 bits per heavy atom. The second-order valence-electron chi connectivity index (χ2n) is 3.49. The van der Waals surface area contributed by atoms with E-state index in [-0.39, 0.29) is 24.7 Å². The van der Waals surface area contributed by atoms with Crippen molar-refractivity contribution in [2.75, 3.05) is 20.7 Å². The molecule has 86 valence electrons. The zero-order valence-electron chi connectivity index (χ0n) is 9.41. The molecule has 0 saturated heterocycles. The van der Waals surface area contributed by atoms with Gasteiger partial charge >= 0.3 is 5.97 Å². The molecule has 0 N–H and O–H groups in total. The van der Waals surface area contributed by atoms with Crippen molar-refractivity contribution in [2.45, 2.75) is 26.2 Å². The van der Waals surface area contributed by atoms with Crippen molar-refractivity contribution in [3.05, 3.63) is 0 Å². The van der Waals surface area contributed by atoms with Gasteiger partial charge in [-0.2, -0.15) is 0 Å². The largest absolute Gasteiger partial charge is 0.465 e. The van der Waals surface area contributed by atoms with E-state index in [2.05, 4.69) is 0 Å². The predicted molar refractivity (Wildman–Crippen MR) is 54.2 cm³/mol. The molecule has 0 heterocycles. The summed E-state index contributed by atoms with van der Waals surface area (Å²) in [5, 5.41) is 0. The minimum absolute atomic E-state index is 0.00221. The van der Waals surface area contributed by atoms with E-state index >= 15 is 0 Å². The standard InChI is InChI=1S/C10H17NO4/c1-8(12)7-10(14)15-6-4-5-9(13)11(2)3/h4-7H2,1-3H3. The van der Waals surface area contributed by atoms with E-state index < -0.39 is 5.97 Å². The maximum atomic E-state index is 11.1. The molecule has 0 aromatic heterocycles. The van der Waals surface area contributed by atoms with Gasteiger partial charge in [0.25, 0.3) is 0 Å². The number of Topliss-reactive ketones (excluding diaryl/α,β-unsaturated/α-hetero) is 1. The summed E-state index contributed by atoms with van der Waals surface area (Å²) in [7, 11) is 3.34. The third-order valence-corrected chi connectivity index (χ3v) is 1.69. The fraction of sp³-hybridized carbons (Fsp3) is 0.700. The minimum Gasteiger partial charge on any atom is -0.465 e. The third-order valence-electron chi connectivity index (χ3n) is 1.69. The van der Waals surface area contributed by atoms with Gasteiger partial charge in [0.1, 0.15) is 12.2 Å². The Hall–Kier alpha value is -1.39. The lowest BCUT2D eigenvalue weighted by molar-refractivity contribution is -0.146. The van der Waals surface area contributed by atoms with E-state index in [0.717, 1.165) is 0 Å². The van der Waals surface area contributed by atoms with Gasteiger partial charge in [-0.1, -0.05) is 0 Å². The highest BCUT2D eigenvalue weighted by Crippen LogP contribution is 1.96.